The number of pyridine rings is 1. The first-order chi connectivity index (χ1) is 6.97. The van der Waals surface area contributed by atoms with Gasteiger partial charge in [0.05, 0.1) is 5.52 Å². The highest BCUT2D eigenvalue weighted by Gasteiger charge is 2.12. The molecule has 0 aliphatic heterocycles. The molecular formula is C9H5F2NO2S. The van der Waals surface area contributed by atoms with Gasteiger partial charge >= 0.3 is 10.2 Å². The number of halogens is 2. The number of fused-ring (bicyclic) bond motifs is 1. The van der Waals surface area contributed by atoms with Crippen LogP contribution in [0.1, 0.15) is 0 Å². The second kappa shape index (κ2) is 3.23. The Balaban J connectivity index is 2.73. The van der Waals surface area contributed by atoms with Gasteiger partial charge in [0.25, 0.3) is 0 Å². The maximum Gasteiger partial charge on any atom is 0.333 e. The van der Waals surface area contributed by atoms with E-state index in [0.717, 1.165) is 24.4 Å². The molecule has 2 rings (SSSR count). The highest BCUT2D eigenvalue weighted by atomic mass is 32.3. The molecule has 0 saturated heterocycles. The molecule has 0 N–H and O–H groups in total. The molecular weight excluding hydrogens is 224 g/mol. The smallest absolute Gasteiger partial charge is 0.255 e. The third kappa shape index (κ3) is 1.94. The van der Waals surface area contributed by atoms with Crippen molar-refractivity contribution in [3.63, 3.8) is 0 Å². The Morgan fingerprint density at radius 3 is 2.60 bits per heavy atom. The Morgan fingerprint density at radius 2 is 1.93 bits per heavy atom. The minimum absolute atomic E-state index is 0.280. The van der Waals surface area contributed by atoms with Gasteiger partial charge in [-0.25, -0.2) is 4.39 Å². The summed E-state index contributed by atoms with van der Waals surface area (Å²) in [6.07, 6.45) is 0.858. The SMILES string of the molecule is O=S(=O)(F)c1cnc2cc(F)ccc2c1. The van der Waals surface area contributed by atoms with Crippen molar-refractivity contribution in [2.45, 2.75) is 4.90 Å². The molecule has 0 fully saturated rings. The summed E-state index contributed by atoms with van der Waals surface area (Å²) in [6.45, 7) is 0. The molecule has 1 aromatic heterocycles. The van der Waals surface area contributed by atoms with E-state index in [4.69, 9.17) is 0 Å². The highest BCUT2D eigenvalue weighted by Crippen LogP contribution is 2.18. The number of hydrogen-bond donors (Lipinski definition) is 0. The van der Waals surface area contributed by atoms with Gasteiger partial charge in [0.2, 0.25) is 0 Å². The zero-order valence-electron chi connectivity index (χ0n) is 7.31. The summed E-state index contributed by atoms with van der Waals surface area (Å²) in [5.41, 5.74) is 0.280. The van der Waals surface area contributed by atoms with Crippen LogP contribution in [0.15, 0.2) is 35.4 Å². The Bertz CT molecular complexity index is 625. The van der Waals surface area contributed by atoms with E-state index < -0.39 is 20.9 Å². The largest absolute Gasteiger partial charge is 0.333 e. The summed E-state index contributed by atoms with van der Waals surface area (Å²) in [7, 11) is -4.76. The molecule has 1 aromatic carbocycles. The average Bonchev–Trinajstić information content (AvgIpc) is 2.15. The Morgan fingerprint density at radius 1 is 1.20 bits per heavy atom. The van der Waals surface area contributed by atoms with Gasteiger partial charge in [-0.2, -0.15) is 8.42 Å². The molecule has 0 spiro atoms. The minimum atomic E-state index is -4.76. The maximum absolute atomic E-state index is 12.7. The van der Waals surface area contributed by atoms with E-state index in [1.54, 1.807) is 0 Å². The molecule has 1 heterocycles. The summed E-state index contributed by atoms with van der Waals surface area (Å²) in [5.74, 6) is -0.481. The second-order valence-corrected chi connectivity index (χ2v) is 4.29. The first kappa shape index (κ1) is 9.97. The van der Waals surface area contributed by atoms with Gasteiger partial charge in [-0.15, -0.1) is 3.89 Å². The predicted molar refractivity (Wildman–Crippen MR) is 50.0 cm³/mol. The number of nitrogens with zero attached hydrogens (tertiary/aromatic N) is 1. The van der Waals surface area contributed by atoms with Gasteiger partial charge in [-0.05, 0) is 18.2 Å². The highest BCUT2D eigenvalue weighted by molar-refractivity contribution is 7.86. The van der Waals surface area contributed by atoms with Crippen LogP contribution in [0.4, 0.5) is 8.28 Å². The summed E-state index contributed by atoms with van der Waals surface area (Å²) in [5, 5.41) is 0.370. The van der Waals surface area contributed by atoms with E-state index in [2.05, 4.69) is 4.98 Å². The van der Waals surface area contributed by atoms with Gasteiger partial charge in [-0.3, -0.25) is 4.98 Å². The van der Waals surface area contributed by atoms with Crippen molar-refractivity contribution >= 4 is 21.1 Å². The molecule has 6 heteroatoms. The van der Waals surface area contributed by atoms with Crippen molar-refractivity contribution < 1.29 is 16.7 Å². The van der Waals surface area contributed by atoms with Gasteiger partial charge in [0, 0.05) is 17.6 Å². The van der Waals surface area contributed by atoms with Crippen LogP contribution in [0.25, 0.3) is 10.9 Å². The predicted octanol–water partition coefficient (Wildman–Crippen LogP) is 2.03. The van der Waals surface area contributed by atoms with Crippen LogP contribution in [0.5, 0.6) is 0 Å². The molecule has 0 aliphatic carbocycles. The van der Waals surface area contributed by atoms with Gasteiger partial charge < -0.3 is 0 Å². The number of hydrogen-bond acceptors (Lipinski definition) is 3. The molecule has 78 valence electrons. The minimum Gasteiger partial charge on any atom is -0.255 e. The molecule has 0 bridgehead atoms. The lowest BCUT2D eigenvalue weighted by Gasteiger charge is -1.98. The number of rotatable bonds is 1. The van der Waals surface area contributed by atoms with Crippen LogP contribution in [0, 0.1) is 5.82 Å². The summed E-state index contributed by atoms with van der Waals surface area (Å²) in [6, 6.07) is 4.74. The molecule has 2 aromatic rings. The quantitative estimate of drug-likeness (QED) is 0.703. The number of benzene rings is 1. The molecule has 0 aliphatic rings. The van der Waals surface area contributed by atoms with Crippen molar-refractivity contribution in [3.05, 3.63) is 36.3 Å². The van der Waals surface area contributed by atoms with E-state index >= 15 is 0 Å². The fraction of sp³-hybridized carbons (Fsp3) is 0. The maximum atomic E-state index is 12.7. The van der Waals surface area contributed by atoms with Crippen LogP contribution < -0.4 is 0 Å². The van der Waals surface area contributed by atoms with Crippen LogP contribution in [0.2, 0.25) is 0 Å². The lowest BCUT2D eigenvalue weighted by molar-refractivity contribution is 0.552. The topological polar surface area (TPSA) is 47.0 Å². The van der Waals surface area contributed by atoms with Crippen LogP contribution in [-0.4, -0.2) is 13.4 Å². The Labute approximate surface area is 84.6 Å². The molecule has 0 amide bonds. The first-order valence-electron chi connectivity index (χ1n) is 3.97. The molecule has 0 atom stereocenters. The van der Waals surface area contributed by atoms with E-state index in [1.165, 1.54) is 6.07 Å². The van der Waals surface area contributed by atoms with E-state index in [9.17, 15) is 16.7 Å². The molecule has 15 heavy (non-hydrogen) atoms. The summed E-state index contributed by atoms with van der Waals surface area (Å²) < 4.78 is 46.5. The van der Waals surface area contributed by atoms with E-state index in [0.29, 0.717) is 5.39 Å². The van der Waals surface area contributed by atoms with E-state index in [-0.39, 0.29) is 5.52 Å². The summed E-state index contributed by atoms with van der Waals surface area (Å²) in [4.78, 5) is 3.12. The lowest BCUT2D eigenvalue weighted by Crippen LogP contribution is -1.93. The standard InChI is InChI=1S/C9H5F2NO2S/c10-7-2-1-6-3-8(15(11,13)14)5-12-9(6)4-7/h1-5H. The van der Waals surface area contributed by atoms with Crippen LogP contribution in [-0.2, 0) is 10.2 Å². The monoisotopic (exact) mass is 229 g/mol. The first-order valence-corrected chi connectivity index (χ1v) is 5.35. The van der Waals surface area contributed by atoms with Crippen molar-refractivity contribution in [1.29, 1.82) is 0 Å². The van der Waals surface area contributed by atoms with Crippen molar-refractivity contribution in [2.24, 2.45) is 0 Å². The molecule has 0 saturated carbocycles. The fourth-order valence-electron chi connectivity index (χ4n) is 1.21. The normalized spacial score (nSPS) is 11.9. The lowest BCUT2D eigenvalue weighted by atomic mass is 10.2. The second-order valence-electron chi connectivity index (χ2n) is 2.95. The van der Waals surface area contributed by atoms with Gasteiger partial charge in [0.1, 0.15) is 10.7 Å². The van der Waals surface area contributed by atoms with Crippen LogP contribution >= 0.6 is 0 Å². The van der Waals surface area contributed by atoms with Crippen molar-refractivity contribution in [3.8, 4) is 0 Å². The third-order valence-corrected chi connectivity index (χ3v) is 2.69. The summed E-state index contributed by atoms with van der Waals surface area (Å²) >= 11 is 0. The Hall–Kier alpha value is -1.56. The van der Waals surface area contributed by atoms with Gasteiger partial charge in [-0.1, -0.05) is 0 Å². The van der Waals surface area contributed by atoms with E-state index in [1.807, 2.05) is 0 Å². The Kier molecular flexibility index (Phi) is 2.15. The molecule has 0 radical (unpaired) electrons. The molecule has 3 nitrogen and oxygen atoms in total. The van der Waals surface area contributed by atoms with Crippen molar-refractivity contribution in [1.82, 2.24) is 4.98 Å². The van der Waals surface area contributed by atoms with Gasteiger partial charge in [0.15, 0.2) is 0 Å². The van der Waals surface area contributed by atoms with Crippen molar-refractivity contribution in [2.75, 3.05) is 0 Å². The van der Waals surface area contributed by atoms with Crippen LogP contribution in [0.3, 0.4) is 0 Å². The zero-order chi connectivity index (χ0) is 11.1. The third-order valence-electron chi connectivity index (χ3n) is 1.90. The fourth-order valence-corrected chi connectivity index (χ4v) is 1.65. The molecule has 0 unspecified atom stereocenters. The zero-order valence-corrected chi connectivity index (χ0v) is 8.13. The average molecular weight is 229 g/mol. The number of aromatic nitrogens is 1.